The molecule has 1 aromatic heterocycles. The molecule has 2 nitrogen and oxygen atoms in total. The fraction of sp³-hybridized carbons (Fsp3) is 0.429. The second-order valence-electron chi connectivity index (χ2n) is 2.02. The zero-order chi connectivity index (χ0) is 7.40. The topological polar surface area (TPSA) is 28.7 Å². The average molecular weight is 155 g/mol. The van der Waals surface area contributed by atoms with Gasteiger partial charge in [0.2, 0.25) is 0 Å². The SMILES string of the molecule is [CH2]CSCc1[nH]cnc1C. The molecule has 0 aliphatic heterocycles. The Balaban J connectivity index is 2.49. The summed E-state index contributed by atoms with van der Waals surface area (Å²) in [6, 6.07) is 0. The highest BCUT2D eigenvalue weighted by atomic mass is 32.2. The van der Waals surface area contributed by atoms with Crippen molar-refractivity contribution in [2.45, 2.75) is 12.7 Å². The molecule has 55 valence electrons. The van der Waals surface area contributed by atoms with Gasteiger partial charge in [0, 0.05) is 11.4 Å². The van der Waals surface area contributed by atoms with Gasteiger partial charge in [-0.1, -0.05) is 0 Å². The lowest BCUT2D eigenvalue weighted by molar-refractivity contribution is 1.19. The van der Waals surface area contributed by atoms with E-state index in [4.69, 9.17) is 0 Å². The van der Waals surface area contributed by atoms with Gasteiger partial charge in [0.15, 0.2) is 0 Å². The Morgan fingerprint density at radius 1 is 1.80 bits per heavy atom. The van der Waals surface area contributed by atoms with Crippen LogP contribution < -0.4 is 0 Å². The molecule has 1 radical (unpaired) electrons. The zero-order valence-electron chi connectivity index (χ0n) is 6.05. The molecule has 3 heteroatoms. The van der Waals surface area contributed by atoms with Crippen LogP contribution in [0, 0.1) is 13.8 Å². The third-order valence-corrected chi connectivity index (χ3v) is 2.11. The standard InChI is InChI=1S/C7H11N2S/c1-3-10-4-7-6(2)8-5-9-7/h5H,1,3-4H2,2H3,(H,8,9). The number of thioether (sulfide) groups is 1. The van der Waals surface area contributed by atoms with Gasteiger partial charge < -0.3 is 4.98 Å². The third kappa shape index (κ3) is 1.77. The summed E-state index contributed by atoms with van der Waals surface area (Å²) in [6.45, 7) is 5.75. The molecule has 1 aromatic rings. The van der Waals surface area contributed by atoms with E-state index in [1.165, 1.54) is 5.69 Å². The molecule has 0 bridgehead atoms. The summed E-state index contributed by atoms with van der Waals surface area (Å²) in [6.07, 6.45) is 1.73. The van der Waals surface area contributed by atoms with Crippen LogP contribution in [-0.4, -0.2) is 15.7 Å². The summed E-state index contributed by atoms with van der Waals surface area (Å²) in [7, 11) is 0. The van der Waals surface area contributed by atoms with E-state index in [-0.39, 0.29) is 0 Å². The average Bonchev–Trinajstić information content (AvgIpc) is 2.31. The first-order valence-corrected chi connectivity index (χ1v) is 4.36. The minimum absolute atomic E-state index is 0.915. The number of H-pyrrole nitrogens is 1. The number of rotatable bonds is 3. The number of nitrogens with zero attached hydrogens (tertiary/aromatic N) is 1. The zero-order valence-corrected chi connectivity index (χ0v) is 6.87. The van der Waals surface area contributed by atoms with Gasteiger partial charge in [-0.15, -0.1) is 0 Å². The lowest BCUT2D eigenvalue weighted by atomic mass is 10.4. The summed E-state index contributed by atoms with van der Waals surface area (Å²) >= 11 is 1.80. The first-order valence-electron chi connectivity index (χ1n) is 3.20. The summed E-state index contributed by atoms with van der Waals surface area (Å²) in [5, 5.41) is 0. The van der Waals surface area contributed by atoms with Crippen LogP contribution in [-0.2, 0) is 5.75 Å². The highest BCUT2D eigenvalue weighted by molar-refractivity contribution is 7.98. The van der Waals surface area contributed by atoms with Gasteiger partial charge >= 0.3 is 0 Å². The van der Waals surface area contributed by atoms with Gasteiger partial charge in [-0.3, -0.25) is 0 Å². The van der Waals surface area contributed by atoms with E-state index in [1.54, 1.807) is 18.1 Å². The van der Waals surface area contributed by atoms with Crippen molar-refractivity contribution < 1.29 is 0 Å². The molecule has 0 aliphatic rings. The van der Waals surface area contributed by atoms with Gasteiger partial charge in [-0.05, 0) is 19.6 Å². The van der Waals surface area contributed by atoms with Crippen LogP contribution in [0.1, 0.15) is 11.4 Å². The van der Waals surface area contributed by atoms with Crippen LogP contribution in [0.3, 0.4) is 0 Å². The Labute approximate surface area is 65.4 Å². The minimum Gasteiger partial charge on any atom is -0.348 e. The van der Waals surface area contributed by atoms with E-state index in [0.29, 0.717) is 0 Å². The predicted molar refractivity (Wildman–Crippen MR) is 44.8 cm³/mol. The van der Waals surface area contributed by atoms with Crippen LogP contribution in [0.25, 0.3) is 0 Å². The summed E-state index contributed by atoms with van der Waals surface area (Å²) in [4.78, 5) is 7.16. The quantitative estimate of drug-likeness (QED) is 0.721. The molecule has 0 spiro atoms. The molecular formula is C7H11N2S. The highest BCUT2D eigenvalue weighted by Gasteiger charge is 1.97. The first kappa shape index (κ1) is 7.66. The summed E-state index contributed by atoms with van der Waals surface area (Å²) < 4.78 is 0. The smallest absolute Gasteiger partial charge is 0.0925 e. The number of hydrogen-bond acceptors (Lipinski definition) is 2. The Morgan fingerprint density at radius 2 is 2.60 bits per heavy atom. The van der Waals surface area contributed by atoms with E-state index in [9.17, 15) is 0 Å². The maximum atomic E-state index is 4.08. The maximum Gasteiger partial charge on any atom is 0.0925 e. The summed E-state index contributed by atoms with van der Waals surface area (Å²) in [5.74, 6) is 1.91. The van der Waals surface area contributed by atoms with Gasteiger partial charge in [-0.25, -0.2) is 4.98 Å². The van der Waals surface area contributed by atoms with E-state index >= 15 is 0 Å². The van der Waals surface area contributed by atoms with Crippen LogP contribution in [0.2, 0.25) is 0 Å². The molecule has 0 aromatic carbocycles. The Kier molecular flexibility index (Phi) is 2.81. The normalized spacial score (nSPS) is 10.2. The molecule has 0 saturated carbocycles. The predicted octanol–water partition coefficient (Wildman–Crippen LogP) is 1.79. The largest absolute Gasteiger partial charge is 0.348 e. The van der Waals surface area contributed by atoms with Gasteiger partial charge in [-0.2, -0.15) is 11.8 Å². The van der Waals surface area contributed by atoms with Gasteiger partial charge in [0.25, 0.3) is 0 Å². The van der Waals surface area contributed by atoms with Crippen molar-refractivity contribution in [1.29, 1.82) is 0 Å². The molecule has 10 heavy (non-hydrogen) atoms. The lowest BCUT2D eigenvalue weighted by Gasteiger charge is -1.94. The Bertz CT molecular complexity index is 195. The third-order valence-electron chi connectivity index (χ3n) is 1.32. The van der Waals surface area contributed by atoms with Crippen LogP contribution in [0.4, 0.5) is 0 Å². The molecule has 1 rings (SSSR count). The van der Waals surface area contributed by atoms with Gasteiger partial charge in [0.1, 0.15) is 0 Å². The van der Waals surface area contributed by atoms with E-state index in [2.05, 4.69) is 16.9 Å². The number of hydrogen-bond donors (Lipinski definition) is 1. The lowest BCUT2D eigenvalue weighted by Crippen LogP contribution is -1.84. The highest BCUT2D eigenvalue weighted by Crippen LogP contribution is 2.10. The Morgan fingerprint density at radius 3 is 3.10 bits per heavy atom. The van der Waals surface area contributed by atoms with Crippen LogP contribution in [0.5, 0.6) is 0 Å². The van der Waals surface area contributed by atoms with Crippen molar-refractivity contribution in [3.05, 3.63) is 24.6 Å². The fourth-order valence-electron chi connectivity index (χ4n) is 0.710. The van der Waals surface area contributed by atoms with E-state index in [0.717, 1.165) is 17.2 Å². The van der Waals surface area contributed by atoms with Gasteiger partial charge in [0.05, 0.1) is 12.0 Å². The van der Waals surface area contributed by atoms with Crippen molar-refractivity contribution in [3.8, 4) is 0 Å². The monoisotopic (exact) mass is 155 g/mol. The molecule has 1 heterocycles. The molecule has 0 fully saturated rings. The number of nitrogens with one attached hydrogen (secondary N) is 1. The number of imidazole rings is 1. The molecule has 0 amide bonds. The second kappa shape index (κ2) is 3.66. The first-order chi connectivity index (χ1) is 4.84. The van der Waals surface area contributed by atoms with Crippen LogP contribution >= 0.6 is 11.8 Å². The molecule has 1 N–H and O–H groups in total. The molecular weight excluding hydrogens is 144 g/mol. The number of aromatic nitrogens is 2. The molecule has 0 unspecified atom stereocenters. The minimum atomic E-state index is 0.915. The summed E-state index contributed by atoms with van der Waals surface area (Å²) in [5.41, 5.74) is 2.31. The van der Waals surface area contributed by atoms with Crippen molar-refractivity contribution in [1.82, 2.24) is 9.97 Å². The maximum absolute atomic E-state index is 4.08. The van der Waals surface area contributed by atoms with Crippen molar-refractivity contribution in [2.75, 3.05) is 5.75 Å². The Hall–Kier alpha value is -0.440. The van der Waals surface area contributed by atoms with Crippen molar-refractivity contribution in [3.63, 3.8) is 0 Å². The van der Waals surface area contributed by atoms with E-state index < -0.39 is 0 Å². The second-order valence-corrected chi connectivity index (χ2v) is 3.12. The molecule has 0 atom stereocenters. The number of aryl methyl sites for hydroxylation is 1. The van der Waals surface area contributed by atoms with Crippen LogP contribution in [0.15, 0.2) is 6.33 Å². The molecule has 0 aliphatic carbocycles. The molecule has 0 saturated heterocycles. The van der Waals surface area contributed by atoms with Crippen molar-refractivity contribution >= 4 is 11.8 Å². The van der Waals surface area contributed by atoms with E-state index in [1.807, 2.05) is 6.92 Å². The number of aromatic amines is 1. The fourth-order valence-corrected chi connectivity index (χ4v) is 1.35. The van der Waals surface area contributed by atoms with Crippen molar-refractivity contribution in [2.24, 2.45) is 0 Å².